The molecule has 0 bridgehead atoms. The summed E-state index contributed by atoms with van der Waals surface area (Å²) in [6.07, 6.45) is 0. The third-order valence-corrected chi connectivity index (χ3v) is 0. The molecule has 6 heteroatoms. The fourth-order valence-corrected chi connectivity index (χ4v) is 0. The van der Waals surface area contributed by atoms with Gasteiger partial charge in [0.05, 0.1) is 0 Å². The minimum atomic E-state index is 0. The molecule has 48 valence electrons. The second-order valence-corrected chi connectivity index (χ2v) is 0. The van der Waals surface area contributed by atoms with Gasteiger partial charge in [-0.2, -0.15) is 0 Å². The van der Waals surface area contributed by atoms with Gasteiger partial charge in [0.1, 0.15) is 0 Å². The molecule has 0 saturated carbocycles. The summed E-state index contributed by atoms with van der Waals surface area (Å²) in [6, 6.07) is 0. The summed E-state index contributed by atoms with van der Waals surface area (Å²) in [4.78, 5) is 0. The summed E-state index contributed by atoms with van der Waals surface area (Å²) in [5, 5.41) is 0. The Morgan fingerprint density at radius 3 is 0.333 bits per heavy atom. The van der Waals surface area contributed by atoms with Gasteiger partial charge in [-0.3, -0.25) is 0 Å². The first kappa shape index (κ1) is 1280. The Kier molecular flexibility index (Phi) is 152000. The fourth-order valence-electron chi connectivity index (χ4n) is 0. The van der Waals surface area contributed by atoms with E-state index < -0.39 is 0 Å². The van der Waals surface area contributed by atoms with E-state index in [1.165, 1.54) is 0 Å². The van der Waals surface area contributed by atoms with Gasteiger partial charge >= 0.3 is 0 Å². The maximum absolute atomic E-state index is 0. The van der Waals surface area contributed by atoms with Crippen LogP contribution in [0.1, 0.15) is 0 Å². The third-order valence-electron chi connectivity index (χ3n) is 0. The van der Waals surface area contributed by atoms with E-state index in [1.54, 1.807) is 0 Å². The zero-order valence-electron chi connectivity index (χ0n) is 2.27. The zero-order chi connectivity index (χ0) is 0. The molecule has 0 aliphatic carbocycles. The normalized spacial score (nSPS) is 0. The largest absolute Gasteiger partial charge is 1.00 e. The highest BCUT2D eigenvalue weighted by Crippen LogP contribution is -2.99. The van der Waals surface area contributed by atoms with E-state index in [2.05, 4.69) is 0 Å². The van der Waals surface area contributed by atoms with Crippen LogP contribution in [0.4, 0.5) is 0 Å². The molecule has 0 rings (SSSR count). The number of hydrogen-bond acceptors (Lipinski definition) is 0. The van der Waals surface area contributed by atoms with Crippen LogP contribution < -0.4 is 47.5 Å². The molecule has 0 spiro atoms. The Morgan fingerprint density at radius 2 is 0.333 bits per heavy atom. The van der Waals surface area contributed by atoms with Crippen molar-refractivity contribution >= 4 is 0 Å². The quantitative estimate of drug-likeness (QED) is 0.282. The van der Waals surface area contributed by atoms with E-state index in [-0.39, 0.29) is 47.5 Å². The average Bonchev–Trinajstić information content (AvgIpc) is 0. The molecule has 0 aromatic heterocycles. The van der Waals surface area contributed by atoms with Gasteiger partial charge in [0.2, 0.25) is 0 Å². The molecule has 0 aliphatic heterocycles. The van der Waals surface area contributed by atoms with Gasteiger partial charge in [-0.05, 0) is 0 Å². The van der Waals surface area contributed by atoms with E-state index in [4.69, 9.17) is 0 Å². The van der Waals surface area contributed by atoms with Gasteiger partial charge < -0.3 is 47.5 Å². The standard InChI is InChI=1S/5FH.HI/h6*1H/p-6. The highest BCUT2D eigenvalue weighted by Gasteiger charge is -0.995. The zero-order valence-corrected chi connectivity index (χ0v) is 4.43. The van der Waals surface area contributed by atoms with Crippen molar-refractivity contribution < 1.29 is 47.5 Å². The number of hydrogen-bond donors (Lipinski definition) is 0. The summed E-state index contributed by atoms with van der Waals surface area (Å²) < 4.78 is 0. The van der Waals surface area contributed by atoms with E-state index in [0.29, 0.717) is 0 Å². The van der Waals surface area contributed by atoms with Crippen LogP contribution in [0, 0.1) is 0 Å². The van der Waals surface area contributed by atoms with Gasteiger partial charge in [-0.25, -0.2) is 0 Å². The van der Waals surface area contributed by atoms with Crippen LogP contribution in [0.2, 0.25) is 0 Å². The van der Waals surface area contributed by atoms with Crippen molar-refractivity contribution in [2.45, 2.75) is 0 Å². The highest BCUT2D eigenvalue weighted by molar-refractivity contribution is 0.00500. The van der Waals surface area contributed by atoms with Crippen LogP contribution in [0.25, 0.3) is 0 Å². The predicted octanol–water partition coefficient (Wildman–Crippen LogP) is -18.0. The topological polar surface area (TPSA) is 0 Å². The molecule has 0 radical (unpaired) electrons. The summed E-state index contributed by atoms with van der Waals surface area (Å²) in [5.74, 6) is 0. The Morgan fingerprint density at radius 1 is 0.333 bits per heavy atom. The first-order valence-electron chi connectivity index (χ1n) is 0. The molecule has 0 N–H and O–H groups in total. The Balaban J connectivity index is 0. The average molecular weight is 222 g/mol. The van der Waals surface area contributed by atoms with Gasteiger partial charge in [-0.15, -0.1) is 0 Å². The smallest absolute Gasteiger partial charge is 1.00 e. The molecule has 0 atom stereocenters. The molecule has 0 heterocycles. The van der Waals surface area contributed by atoms with Crippen LogP contribution in [0.3, 0.4) is 0 Å². The van der Waals surface area contributed by atoms with E-state index in [1.807, 2.05) is 0 Å². The molecule has 0 saturated heterocycles. The monoisotopic (exact) mass is 222 g/mol. The summed E-state index contributed by atoms with van der Waals surface area (Å²) in [5.41, 5.74) is 0. The summed E-state index contributed by atoms with van der Waals surface area (Å²) in [6.45, 7) is 0. The van der Waals surface area contributed by atoms with Crippen molar-refractivity contribution in [1.82, 2.24) is 0 Å². The Labute approximate surface area is 48.2 Å². The molecule has 0 aliphatic rings. The van der Waals surface area contributed by atoms with Crippen LogP contribution in [0.5, 0.6) is 0 Å². The van der Waals surface area contributed by atoms with Gasteiger partial charge in [0.15, 0.2) is 0 Å². The SMILES string of the molecule is [F-].[F-].[F-].[F-].[F-].[I-]. The van der Waals surface area contributed by atoms with Crippen molar-refractivity contribution in [3.8, 4) is 0 Å². The van der Waals surface area contributed by atoms with Crippen molar-refractivity contribution in [1.29, 1.82) is 0 Å². The van der Waals surface area contributed by atoms with Crippen LogP contribution in [-0.4, -0.2) is 0 Å². The van der Waals surface area contributed by atoms with Crippen LogP contribution in [0.15, 0.2) is 0 Å². The minimum absolute atomic E-state index is 0. The maximum Gasteiger partial charge on any atom is -1.00 e. The van der Waals surface area contributed by atoms with E-state index in [9.17, 15) is 0 Å². The molecule has 0 amide bonds. The summed E-state index contributed by atoms with van der Waals surface area (Å²) in [7, 11) is 0. The maximum atomic E-state index is 0. The second-order valence-electron chi connectivity index (χ2n) is 0. The first-order chi connectivity index (χ1) is 0. The molecular weight excluding hydrogens is 222 g/mol. The van der Waals surface area contributed by atoms with Crippen molar-refractivity contribution in [2.24, 2.45) is 0 Å². The molecular formula is F5I-6. The lowest BCUT2D eigenvalue weighted by Crippen LogP contribution is -3.00. The Hall–Kier alpha value is 0.380. The third kappa shape index (κ3) is 347. The second kappa shape index (κ2) is 715. The number of rotatable bonds is 0. The fraction of sp³-hybridized carbons (Fsp3) is 0. The highest BCUT2D eigenvalue weighted by atomic mass is 127. The molecule has 0 nitrogen and oxygen atoms in total. The lowest BCUT2D eigenvalue weighted by atomic mass is 19.0. The van der Waals surface area contributed by atoms with E-state index in [0.717, 1.165) is 0 Å². The summed E-state index contributed by atoms with van der Waals surface area (Å²) >= 11 is 0. The van der Waals surface area contributed by atoms with Crippen molar-refractivity contribution in [3.63, 3.8) is 0 Å². The lowest BCUT2D eigenvalue weighted by Gasteiger charge is -1.00. The van der Waals surface area contributed by atoms with Gasteiger partial charge in [-0.1, -0.05) is 0 Å². The predicted molar refractivity (Wildman–Crippen MR) is 0 cm³/mol. The minimum Gasteiger partial charge on any atom is -1.00 e. The first-order valence-corrected chi connectivity index (χ1v) is 0. The molecule has 6 heavy (non-hydrogen) atoms. The molecule has 0 aromatic carbocycles. The van der Waals surface area contributed by atoms with Crippen LogP contribution in [-0.2, 0) is 0 Å². The number of halogens is 6. The lowest BCUT2D eigenvalue weighted by molar-refractivity contribution is -0.00100. The van der Waals surface area contributed by atoms with Gasteiger partial charge in [0, 0.05) is 0 Å². The Bertz CT molecular complexity index is 3.90. The molecule has 0 unspecified atom stereocenters. The van der Waals surface area contributed by atoms with Crippen molar-refractivity contribution in [3.05, 3.63) is 0 Å². The van der Waals surface area contributed by atoms with Crippen molar-refractivity contribution in [2.75, 3.05) is 0 Å². The van der Waals surface area contributed by atoms with Gasteiger partial charge in [0.25, 0.3) is 0 Å². The molecule has 0 fully saturated rings. The van der Waals surface area contributed by atoms with E-state index >= 15 is 0 Å². The molecule has 0 aromatic rings. The van der Waals surface area contributed by atoms with Crippen LogP contribution >= 0.6 is 0 Å².